The molecule has 1 heteroatoms. The third-order valence-electron chi connectivity index (χ3n) is 2.99. The molecule has 1 aliphatic carbocycles. The van der Waals surface area contributed by atoms with Crippen LogP contribution in [0, 0.1) is 5.92 Å². The molecule has 0 aliphatic heterocycles. The fourth-order valence-corrected chi connectivity index (χ4v) is 1.84. The lowest BCUT2D eigenvalue weighted by molar-refractivity contribution is 0.893. The standard InChI is InChI=1S/C13H17N/c1-3-4-5-12-7-6-11(9-14-12)13-8-10(13)2/h3,6-7,9-10,13H,1,4-5,8H2,2H3. The number of nitrogens with zero attached hydrogens (tertiary/aromatic N) is 1. The first-order valence-corrected chi connectivity index (χ1v) is 5.37. The molecule has 0 saturated heterocycles. The van der Waals surface area contributed by atoms with Crippen LogP contribution in [0.3, 0.4) is 0 Å². The largest absolute Gasteiger partial charge is 0.261 e. The number of hydrogen-bond donors (Lipinski definition) is 0. The van der Waals surface area contributed by atoms with Gasteiger partial charge in [0.2, 0.25) is 0 Å². The quantitative estimate of drug-likeness (QED) is 0.659. The summed E-state index contributed by atoms with van der Waals surface area (Å²) in [5.41, 5.74) is 2.60. The lowest BCUT2D eigenvalue weighted by Crippen LogP contribution is -1.90. The van der Waals surface area contributed by atoms with E-state index in [-0.39, 0.29) is 0 Å². The molecule has 1 nitrogen and oxygen atoms in total. The van der Waals surface area contributed by atoms with Crippen LogP contribution in [0.15, 0.2) is 31.0 Å². The summed E-state index contributed by atoms with van der Waals surface area (Å²) in [7, 11) is 0. The van der Waals surface area contributed by atoms with E-state index in [1.807, 2.05) is 12.3 Å². The molecule has 1 fully saturated rings. The number of allylic oxidation sites excluding steroid dienone is 1. The second-order valence-electron chi connectivity index (χ2n) is 4.23. The Hall–Kier alpha value is -1.11. The number of rotatable bonds is 4. The summed E-state index contributed by atoms with van der Waals surface area (Å²) in [4.78, 5) is 4.46. The van der Waals surface area contributed by atoms with Crippen molar-refractivity contribution in [2.75, 3.05) is 0 Å². The highest BCUT2D eigenvalue weighted by atomic mass is 14.7. The van der Waals surface area contributed by atoms with Gasteiger partial charge in [-0.2, -0.15) is 0 Å². The van der Waals surface area contributed by atoms with Crippen molar-refractivity contribution in [3.63, 3.8) is 0 Å². The van der Waals surface area contributed by atoms with Gasteiger partial charge in [-0.1, -0.05) is 19.1 Å². The third kappa shape index (κ3) is 2.03. The summed E-state index contributed by atoms with van der Waals surface area (Å²) in [6.45, 7) is 6.02. The normalized spacial score (nSPS) is 24.6. The Morgan fingerprint density at radius 1 is 1.57 bits per heavy atom. The average Bonchev–Trinajstić information content (AvgIpc) is 2.93. The van der Waals surface area contributed by atoms with Gasteiger partial charge in [-0.05, 0) is 42.7 Å². The van der Waals surface area contributed by atoms with E-state index in [9.17, 15) is 0 Å². The molecular weight excluding hydrogens is 170 g/mol. The molecule has 0 aromatic carbocycles. The first-order chi connectivity index (χ1) is 6.81. The highest BCUT2D eigenvalue weighted by Gasteiger charge is 2.33. The summed E-state index contributed by atoms with van der Waals surface area (Å²) in [5.74, 6) is 1.66. The fraction of sp³-hybridized carbons (Fsp3) is 0.462. The third-order valence-corrected chi connectivity index (χ3v) is 2.99. The number of aromatic nitrogens is 1. The second kappa shape index (κ2) is 3.95. The minimum absolute atomic E-state index is 0.788. The topological polar surface area (TPSA) is 12.9 Å². The van der Waals surface area contributed by atoms with Crippen molar-refractivity contribution in [2.24, 2.45) is 5.92 Å². The molecule has 1 aliphatic rings. The molecule has 1 saturated carbocycles. The Balaban J connectivity index is 1.99. The van der Waals surface area contributed by atoms with Crippen molar-refractivity contribution in [1.29, 1.82) is 0 Å². The Kier molecular flexibility index (Phi) is 2.67. The van der Waals surface area contributed by atoms with Gasteiger partial charge < -0.3 is 0 Å². The summed E-state index contributed by atoms with van der Waals surface area (Å²) in [6.07, 6.45) is 7.37. The van der Waals surface area contributed by atoms with Gasteiger partial charge in [-0.15, -0.1) is 6.58 Å². The van der Waals surface area contributed by atoms with Gasteiger partial charge in [0.05, 0.1) is 0 Å². The molecule has 0 amide bonds. The molecule has 0 spiro atoms. The SMILES string of the molecule is C=CCCc1ccc(C2CC2C)cn1. The van der Waals surface area contributed by atoms with Gasteiger partial charge in [0, 0.05) is 11.9 Å². The van der Waals surface area contributed by atoms with Crippen molar-refractivity contribution >= 4 is 0 Å². The Morgan fingerprint density at radius 2 is 2.36 bits per heavy atom. The molecule has 74 valence electrons. The molecule has 2 rings (SSSR count). The first kappa shape index (κ1) is 9.45. The number of pyridine rings is 1. The molecule has 14 heavy (non-hydrogen) atoms. The van der Waals surface area contributed by atoms with Crippen molar-refractivity contribution in [3.8, 4) is 0 Å². The van der Waals surface area contributed by atoms with Crippen molar-refractivity contribution < 1.29 is 0 Å². The van der Waals surface area contributed by atoms with Crippen LogP contribution < -0.4 is 0 Å². The fourth-order valence-electron chi connectivity index (χ4n) is 1.84. The van der Waals surface area contributed by atoms with E-state index in [1.54, 1.807) is 0 Å². The van der Waals surface area contributed by atoms with Gasteiger partial charge in [0.1, 0.15) is 0 Å². The van der Waals surface area contributed by atoms with Gasteiger partial charge in [0.15, 0.2) is 0 Å². The maximum atomic E-state index is 4.46. The van der Waals surface area contributed by atoms with E-state index in [4.69, 9.17) is 0 Å². The summed E-state index contributed by atoms with van der Waals surface area (Å²) in [5, 5.41) is 0. The van der Waals surface area contributed by atoms with Crippen LogP contribution in [-0.2, 0) is 6.42 Å². The number of aryl methyl sites for hydroxylation is 1. The second-order valence-corrected chi connectivity index (χ2v) is 4.23. The zero-order chi connectivity index (χ0) is 9.97. The van der Waals surface area contributed by atoms with E-state index in [1.165, 1.54) is 17.7 Å². The molecule has 0 radical (unpaired) electrons. The molecule has 0 N–H and O–H groups in total. The summed E-state index contributed by atoms with van der Waals surface area (Å²) >= 11 is 0. The van der Waals surface area contributed by atoms with Crippen molar-refractivity contribution in [2.45, 2.75) is 32.1 Å². The predicted octanol–water partition coefficient (Wildman–Crippen LogP) is 3.32. The number of hydrogen-bond acceptors (Lipinski definition) is 1. The highest BCUT2D eigenvalue weighted by molar-refractivity contribution is 5.24. The van der Waals surface area contributed by atoms with Crippen LogP contribution in [0.5, 0.6) is 0 Å². The summed E-state index contributed by atoms with van der Waals surface area (Å²) in [6, 6.07) is 4.39. The zero-order valence-corrected chi connectivity index (χ0v) is 8.74. The van der Waals surface area contributed by atoms with E-state index < -0.39 is 0 Å². The van der Waals surface area contributed by atoms with Crippen LogP contribution in [-0.4, -0.2) is 4.98 Å². The molecule has 2 unspecified atom stereocenters. The van der Waals surface area contributed by atoms with E-state index >= 15 is 0 Å². The lowest BCUT2D eigenvalue weighted by Gasteiger charge is -2.00. The van der Waals surface area contributed by atoms with Crippen molar-refractivity contribution in [3.05, 3.63) is 42.2 Å². The molecule has 1 heterocycles. The molecule has 1 aromatic rings. The van der Waals surface area contributed by atoms with Crippen LogP contribution in [0.4, 0.5) is 0 Å². The van der Waals surface area contributed by atoms with Crippen molar-refractivity contribution in [1.82, 2.24) is 4.98 Å². The minimum Gasteiger partial charge on any atom is -0.261 e. The highest BCUT2D eigenvalue weighted by Crippen LogP contribution is 2.46. The summed E-state index contributed by atoms with van der Waals surface area (Å²) < 4.78 is 0. The molecular formula is C13H17N. The molecule has 0 bridgehead atoms. The maximum absolute atomic E-state index is 4.46. The average molecular weight is 187 g/mol. The van der Waals surface area contributed by atoms with Crippen LogP contribution >= 0.6 is 0 Å². The Bertz CT molecular complexity index is 313. The smallest absolute Gasteiger partial charge is 0.0406 e. The minimum atomic E-state index is 0.788. The van der Waals surface area contributed by atoms with E-state index in [0.29, 0.717) is 0 Å². The van der Waals surface area contributed by atoms with Gasteiger partial charge >= 0.3 is 0 Å². The molecule has 2 atom stereocenters. The monoisotopic (exact) mass is 187 g/mol. The van der Waals surface area contributed by atoms with Crippen LogP contribution in [0.2, 0.25) is 0 Å². The van der Waals surface area contributed by atoms with E-state index in [0.717, 1.165) is 24.7 Å². The van der Waals surface area contributed by atoms with Crippen LogP contribution in [0.1, 0.15) is 36.9 Å². The lowest BCUT2D eigenvalue weighted by atomic mass is 10.1. The predicted molar refractivity (Wildman–Crippen MR) is 59.3 cm³/mol. The van der Waals surface area contributed by atoms with E-state index in [2.05, 4.69) is 30.6 Å². The van der Waals surface area contributed by atoms with Crippen LogP contribution in [0.25, 0.3) is 0 Å². The van der Waals surface area contributed by atoms with Gasteiger partial charge in [-0.3, -0.25) is 4.98 Å². The van der Waals surface area contributed by atoms with Gasteiger partial charge in [-0.25, -0.2) is 0 Å². The Labute approximate surface area is 85.9 Å². The van der Waals surface area contributed by atoms with Gasteiger partial charge in [0.25, 0.3) is 0 Å². The first-order valence-electron chi connectivity index (χ1n) is 5.37. The molecule has 1 aromatic heterocycles. The zero-order valence-electron chi connectivity index (χ0n) is 8.74. The Morgan fingerprint density at radius 3 is 2.86 bits per heavy atom. The maximum Gasteiger partial charge on any atom is 0.0406 e.